The summed E-state index contributed by atoms with van der Waals surface area (Å²) < 4.78 is 0. The molecule has 0 unspecified atom stereocenters. The molecule has 0 spiro atoms. The molecule has 4 nitrogen and oxygen atoms in total. The van der Waals surface area contributed by atoms with E-state index >= 15 is 0 Å². The molecule has 0 bridgehead atoms. The molecule has 0 heterocycles. The Morgan fingerprint density at radius 1 is 1.10 bits per heavy atom. The van der Waals surface area contributed by atoms with Crippen LogP contribution in [0.25, 0.3) is 0 Å². The molecule has 4 N–H and O–H groups in total. The third-order valence-electron chi connectivity index (χ3n) is 1.27. The van der Waals surface area contributed by atoms with Crippen molar-refractivity contribution in [3.63, 3.8) is 0 Å². The van der Waals surface area contributed by atoms with Gasteiger partial charge >= 0.3 is 0 Å². The van der Waals surface area contributed by atoms with Crippen LogP contribution in [0, 0.1) is 6.92 Å². The van der Waals surface area contributed by atoms with Crippen LogP contribution >= 0.6 is 0 Å². The molecular formula is C6H13O4. The van der Waals surface area contributed by atoms with E-state index in [1.165, 1.54) is 0 Å². The van der Waals surface area contributed by atoms with Crippen molar-refractivity contribution in [2.24, 2.45) is 0 Å². The molecule has 0 aromatic heterocycles. The highest BCUT2D eigenvalue weighted by atomic mass is 16.4. The van der Waals surface area contributed by atoms with Gasteiger partial charge in [0.1, 0.15) is 12.2 Å². The van der Waals surface area contributed by atoms with E-state index in [0.717, 1.165) is 0 Å². The lowest BCUT2D eigenvalue weighted by Crippen LogP contribution is -2.39. The summed E-state index contributed by atoms with van der Waals surface area (Å²) in [5.41, 5.74) is 0. The molecule has 4 heteroatoms. The van der Waals surface area contributed by atoms with Gasteiger partial charge < -0.3 is 20.4 Å². The van der Waals surface area contributed by atoms with Crippen LogP contribution in [-0.4, -0.2) is 45.3 Å². The minimum Gasteiger partial charge on any atom is -0.394 e. The summed E-state index contributed by atoms with van der Waals surface area (Å²) >= 11 is 0. The molecule has 0 saturated heterocycles. The molecule has 0 fully saturated rings. The highest BCUT2D eigenvalue weighted by molar-refractivity contribution is 4.74. The largest absolute Gasteiger partial charge is 0.394 e. The first-order valence-corrected chi connectivity index (χ1v) is 3.07. The van der Waals surface area contributed by atoms with E-state index in [4.69, 9.17) is 20.4 Å². The Kier molecular flexibility index (Phi) is 4.55. The fourth-order valence-electron chi connectivity index (χ4n) is 0.535. The molecule has 0 aromatic rings. The van der Waals surface area contributed by atoms with Gasteiger partial charge in [-0.2, -0.15) is 0 Å². The maximum atomic E-state index is 8.89. The summed E-state index contributed by atoms with van der Waals surface area (Å²) in [5.74, 6) is 0. The maximum absolute atomic E-state index is 8.89. The summed E-state index contributed by atoms with van der Waals surface area (Å²) in [4.78, 5) is 0. The Morgan fingerprint density at radius 3 is 1.90 bits per heavy atom. The second-order valence-electron chi connectivity index (χ2n) is 2.10. The molecule has 0 aliphatic rings. The van der Waals surface area contributed by atoms with E-state index in [1.807, 2.05) is 0 Å². The fraction of sp³-hybridized carbons (Fsp3) is 0.833. The Balaban J connectivity index is 3.69. The Bertz CT molecular complexity index is 75.8. The number of aliphatic hydroxyl groups is 4. The van der Waals surface area contributed by atoms with Crippen molar-refractivity contribution in [2.75, 3.05) is 6.61 Å². The van der Waals surface area contributed by atoms with Crippen LogP contribution < -0.4 is 0 Å². The summed E-state index contributed by atoms with van der Waals surface area (Å²) in [7, 11) is 0. The molecule has 1 radical (unpaired) electrons. The molecule has 0 aliphatic carbocycles. The lowest BCUT2D eigenvalue weighted by atomic mass is 10.1. The quantitative estimate of drug-likeness (QED) is 0.383. The number of rotatable bonds is 4. The first-order chi connectivity index (χ1) is 4.63. The lowest BCUT2D eigenvalue weighted by molar-refractivity contribution is -0.0749. The van der Waals surface area contributed by atoms with E-state index in [1.54, 1.807) is 0 Å². The van der Waals surface area contributed by atoms with E-state index in [0.29, 0.717) is 0 Å². The molecule has 0 saturated carbocycles. The standard InChI is InChI=1S/C6H13O4/c1-2-4(8)6(10)5(9)3-7/h4-10H,1-3H2/t4-,5-,6+/m1/s1. The molecular weight excluding hydrogens is 136 g/mol. The van der Waals surface area contributed by atoms with Gasteiger partial charge in [-0.1, -0.05) is 6.92 Å². The van der Waals surface area contributed by atoms with Gasteiger partial charge in [-0.05, 0) is 6.42 Å². The third kappa shape index (κ3) is 2.62. The van der Waals surface area contributed by atoms with Crippen LogP contribution in [0.4, 0.5) is 0 Å². The fourth-order valence-corrected chi connectivity index (χ4v) is 0.535. The van der Waals surface area contributed by atoms with E-state index in [-0.39, 0.29) is 6.42 Å². The Labute approximate surface area is 59.7 Å². The van der Waals surface area contributed by atoms with E-state index in [9.17, 15) is 0 Å². The van der Waals surface area contributed by atoms with Crippen molar-refractivity contribution >= 4 is 0 Å². The monoisotopic (exact) mass is 149 g/mol. The van der Waals surface area contributed by atoms with Gasteiger partial charge in [0.15, 0.2) is 0 Å². The predicted molar refractivity (Wildman–Crippen MR) is 35.1 cm³/mol. The second-order valence-corrected chi connectivity index (χ2v) is 2.10. The average molecular weight is 149 g/mol. The van der Waals surface area contributed by atoms with Crippen LogP contribution in [0.1, 0.15) is 6.42 Å². The zero-order valence-electron chi connectivity index (χ0n) is 5.64. The van der Waals surface area contributed by atoms with Crippen molar-refractivity contribution < 1.29 is 20.4 Å². The average Bonchev–Trinajstić information content (AvgIpc) is 2.00. The maximum Gasteiger partial charge on any atom is 0.108 e. The van der Waals surface area contributed by atoms with E-state index < -0.39 is 24.9 Å². The Hall–Kier alpha value is -0.160. The van der Waals surface area contributed by atoms with E-state index in [2.05, 4.69) is 6.92 Å². The molecule has 0 amide bonds. The normalized spacial score (nSPS) is 20.1. The van der Waals surface area contributed by atoms with Gasteiger partial charge in [0.25, 0.3) is 0 Å². The first-order valence-electron chi connectivity index (χ1n) is 3.07. The van der Waals surface area contributed by atoms with Gasteiger partial charge in [-0.3, -0.25) is 0 Å². The van der Waals surface area contributed by atoms with Crippen molar-refractivity contribution in [1.82, 2.24) is 0 Å². The lowest BCUT2D eigenvalue weighted by Gasteiger charge is -2.19. The zero-order chi connectivity index (χ0) is 8.15. The Morgan fingerprint density at radius 2 is 1.60 bits per heavy atom. The second kappa shape index (κ2) is 4.62. The zero-order valence-corrected chi connectivity index (χ0v) is 5.64. The van der Waals surface area contributed by atoms with Crippen molar-refractivity contribution in [1.29, 1.82) is 0 Å². The summed E-state index contributed by atoms with van der Waals surface area (Å²) in [6.45, 7) is 2.76. The predicted octanol–water partition coefficient (Wildman–Crippen LogP) is -1.71. The highest BCUT2D eigenvalue weighted by Gasteiger charge is 2.21. The van der Waals surface area contributed by atoms with Crippen LogP contribution in [0.5, 0.6) is 0 Å². The number of aliphatic hydroxyl groups excluding tert-OH is 4. The third-order valence-corrected chi connectivity index (χ3v) is 1.27. The molecule has 10 heavy (non-hydrogen) atoms. The van der Waals surface area contributed by atoms with Gasteiger partial charge in [-0.15, -0.1) is 0 Å². The molecule has 61 valence electrons. The molecule has 0 aromatic carbocycles. The smallest absolute Gasteiger partial charge is 0.108 e. The van der Waals surface area contributed by atoms with Gasteiger partial charge in [0, 0.05) is 0 Å². The van der Waals surface area contributed by atoms with Crippen LogP contribution in [0.3, 0.4) is 0 Å². The molecule has 0 aliphatic heterocycles. The first kappa shape index (κ1) is 9.84. The number of hydrogen-bond donors (Lipinski definition) is 4. The molecule has 3 atom stereocenters. The van der Waals surface area contributed by atoms with Crippen molar-refractivity contribution in [2.45, 2.75) is 24.7 Å². The summed E-state index contributed by atoms with van der Waals surface area (Å²) in [6.07, 6.45) is -3.54. The summed E-state index contributed by atoms with van der Waals surface area (Å²) in [5, 5.41) is 34.8. The van der Waals surface area contributed by atoms with Gasteiger partial charge in [-0.25, -0.2) is 0 Å². The number of hydrogen-bond acceptors (Lipinski definition) is 4. The SMILES string of the molecule is [CH2]C[C@@H](O)[C@H](O)[C@H](O)CO. The topological polar surface area (TPSA) is 80.9 Å². The van der Waals surface area contributed by atoms with Crippen LogP contribution in [-0.2, 0) is 0 Å². The van der Waals surface area contributed by atoms with Gasteiger partial charge in [0.2, 0.25) is 0 Å². The highest BCUT2D eigenvalue weighted by Crippen LogP contribution is 2.02. The minimum atomic E-state index is -1.30. The summed E-state index contributed by atoms with van der Waals surface area (Å²) in [6, 6.07) is 0. The van der Waals surface area contributed by atoms with Crippen LogP contribution in [0.2, 0.25) is 0 Å². The van der Waals surface area contributed by atoms with Crippen molar-refractivity contribution in [3.05, 3.63) is 6.92 Å². The van der Waals surface area contributed by atoms with Gasteiger partial charge in [0.05, 0.1) is 12.7 Å². The van der Waals surface area contributed by atoms with Crippen LogP contribution in [0.15, 0.2) is 0 Å². The van der Waals surface area contributed by atoms with Crippen molar-refractivity contribution in [3.8, 4) is 0 Å². The molecule has 0 rings (SSSR count). The minimum absolute atomic E-state index is 0.109.